The van der Waals surface area contributed by atoms with Crippen LogP contribution < -0.4 is 5.73 Å². The molecule has 8 heteroatoms. The van der Waals surface area contributed by atoms with Crippen molar-refractivity contribution in [2.24, 2.45) is 5.73 Å². The van der Waals surface area contributed by atoms with E-state index in [-0.39, 0.29) is 18.1 Å². The number of hydrogen-bond donors (Lipinski definition) is 1. The molecule has 4 rings (SSSR count). The molecule has 172 valence electrons. The Morgan fingerprint density at radius 1 is 1.16 bits per heavy atom. The fraction of sp³-hybridized carbons (Fsp3) is 0.583. The molecule has 0 aliphatic heterocycles. The van der Waals surface area contributed by atoms with Gasteiger partial charge in [0.05, 0.1) is 5.75 Å². The topological polar surface area (TPSA) is 95.8 Å². The van der Waals surface area contributed by atoms with E-state index >= 15 is 0 Å². The van der Waals surface area contributed by atoms with Crippen LogP contribution in [-0.2, 0) is 17.9 Å². The Hall–Kier alpha value is -2.35. The van der Waals surface area contributed by atoms with Gasteiger partial charge >= 0.3 is 0 Å². The number of nitrogens with two attached hydrogens (primary N) is 1. The molecule has 7 nitrogen and oxygen atoms in total. The summed E-state index contributed by atoms with van der Waals surface area (Å²) in [6.45, 7) is 5.51. The molecule has 0 bridgehead atoms. The molecular weight excluding hydrogens is 422 g/mol. The molecule has 0 unspecified atom stereocenters. The molecule has 0 radical (unpaired) electrons. The molecule has 2 N–H and O–H groups in total. The van der Waals surface area contributed by atoms with Gasteiger partial charge in [-0.1, -0.05) is 23.4 Å². The van der Waals surface area contributed by atoms with Crippen LogP contribution in [0.25, 0.3) is 0 Å². The number of ketones is 1. The van der Waals surface area contributed by atoms with E-state index in [4.69, 9.17) is 5.73 Å². The molecule has 2 aromatic rings. The van der Waals surface area contributed by atoms with E-state index in [1.54, 1.807) is 5.57 Å². The highest BCUT2D eigenvalue weighted by molar-refractivity contribution is 7.99. The Morgan fingerprint density at radius 3 is 2.66 bits per heavy atom. The lowest BCUT2D eigenvalue weighted by atomic mass is 9.97. The molecule has 1 amide bonds. The summed E-state index contributed by atoms with van der Waals surface area (Å²) < 4.78 is 4.25. The number of hydrogen-bond acceptors (Lipinski definition) is 5. The molecule has 2 aromatic heterocycles. The van der Waals surface area contributed by atoms with Crippen LogP contribution in [-0.4, -0.2) is 36.8 Å². The number of amides is 1. The molecule has 0 aromatic carbocycles. The summed E-state index contributed by atoms with van der Waals surface area (Å²) >= 11 is 1.40. The highest BCUT2D eigenvalue weighted by Crippen LogP contribution is 2.40. The SMILES string of the molecule is Cc1cc(C(=O)CSc2nnc(C3CC3)n2CCC(N)=O)c(C)n1CCC1=CCCCC1. The number of aromatic nitrogens is 4. The monoisotopic (exact) mass is 455 g/mol. The third-order valence-corrected chi connectivity index (χ3v) is 7.48. The predicted octanol–water partition coefficient (Wildman–Crippen LogP) is 4.31. The van der Waals surface area contributed by atoms with Crippen LogP contribution in [0.2, 0.25) is 0 Å². The number of carbonyl (C=O) groups excluding carboxylic acids is 2. The van der Waals surface area contributed by atoms with Crippen molar-refractivity contribution in [1.82, 2.24) is 19.3 Å². The Bertz CT molecular complexity index is 1030. The molecule has 2 heterocycles. The molecule has 0 atom stereocenters. The molecule has 0 saturated heterocycles. The van der Waals surface area contributed by atoms with Crippen molar-refractivity contribution >= 4 is 23.5 Å². The van der Waals surface area contributed by atoms with Crippen molar-refractivity contribution in [2.75, 3.05) is 5.75 Å². The highest BCUT2D eigenvalue weighted by atomic mass is 32.2. The molecule has 32 heavy (non-hydrogen) atoms. The van der Waals surface area contributed by atoms with E-state index in [2.05, 4.69) is 27.8 Å². The third-order valence-electron chi connectivity index (χ3n) is 6.52. The number of carbonyl (C=O) groups is 2. The normalized spacial score (nSPS) is 16.2. The number of thioether (sulfide) groups is 1. The van der Waals surface area contributed by atoms with E-state index in [0.717, 1.165) is 48.6 Å². The number of Topliss-reactive ketones (excluding diaryl/α,β-unsaturated/α-hetero) is 1. The Balaban J connectivity index is 1.41. The Kier molecular flexibility index (Phi) is 7.18. The van der Waals surface area contributed by atoms with Gasteiger partial charge in [-0.3, -0.25) is 9.59 Å². The molecule has 2 aliphatic rings. The van der Waals surface area contributed by atoms with Crippen molar-refractivity contribution in [2.45, 2.75) is 89.4 Å². The lowest BCUT2D eigenvalue weighted by molar-refractivity contribution is -0.118. The van der Waals surface area contributed by atoms with Crippen molar-refractivity contribution in [3.05, 3.63) is 40.5 Å². The lowest BCUT2D eigenvalue weighted by Crippen LogP contribution is -2.16. The average Bonchev–Trinajstić information content (AvgIpc) is 3.48. The second-order valence-corrected chi connectivity index (χ2v) is 9.93. The first-order valence-electron chi connectivity index (χ1n) is 11.7. The van der Waals surface area contributed by atoms with Crippen molar-refractivity contribution in [3.63, 3.8) is 0 Å². The average molecular weight is 456 g/mol. The summed E-state index contributed by atoms with van der Waals surface area (Å²) in [6, 6.07) is 2.01. The quantitative estimate of drug-likeness (QED) is 0.309. The van der Waals surface area contributed by atoms with Crippen LogP contribution in [0.1, 0.15) is 84.9 Å². The van der Waals surface area contributed by atoms with Gasteiger partial charge in [0.25, 0.3) is 0 Å². The summed E-state index contributed by atoms with van der Waals surface area (Å²) in [7, 11) is 0. The number of nitrogens with zero attached hydrogens (tertiary/aromatic N) is 4. The van der Waals surface area contributed by atoms with Gasteiger partial charge in [0.1, 0.15) is 5.82 Å². The summed E-state index contributed by atoms with van der Waals surface area (Å²) in [4.78, 5) is 24.3. The van der Waals surface area contributed by atoms with Gasteiger partial charge in [0.2, 0.25) is 5.91 Å². The van der Waals surface area contributed by atoms with Gasteiger partial charge < -0.3 is 14.9 Å². The van der Waals surface area contributed by atoms with Crippen molar-refractivity contribution in [3.8, 4) is 0 Å². The van der Waals surface area contributed by atoms with Crippen LogP contribution >= 0.6 is 11.8 Å². The zero-order chi connectivity index (χ0) is 22.7. The van der Waals surface area contributed by atoms with Crippen LogP contribution in [0.5, 0.6) is 0 Å². The first-order valence-corrected chi connectivity index (χ1v) is 12.6. The minimum absolute atomic E-state index is 0.101. The van der Waals surface area contributed by atoms with Gasteiger partial charge in [-0.05, 0) is 64.9 Å². The summed E-state index contributed by atoms with van der Waals surface area (Å²) in [5.41, 5.74) is 9.86. The maximum absolute atomic E-state index is 13.1. The number of aryl methyl sites for hydroxylation is 1. The number of rotatable bonds is 11. The summed E-state index contributed by atoms with van der Waals surface area (Å²) in [5.74, 6) is 1.39. The van der Waals surface area contributed by atoms with Gasteiger partial charge in [-0.2, -0.15) is 0 Å². The minimum atomic E-state index is -0.344. The summed E-state index contributed by atoms with van der Waals surface area (Å²) in [6.07, 6.45) is 10.9. The smallest absolute Gasteiger partial charge is 0.219 e. The first kappa shape index (κ1) is 22.8. The number of allylic oxidation sites excluding steroid dienone is 2. The molecular formula is C24H33N5O2S. The van der Waals surface area contributed by atoms with E-state index in [1.165, 1.54) is 37.4 Å². The minimum Gasteiger partial charge on any atom is -0.370 e. The van der Waals surface area contributed by atoms with E-state index in [1.807, 2.05) is 17.6 Å². The largest absolute Gasteiger partial charge is 0.370 e. The molecule has 0 spiro atoms. The fourth-order valence-corrected chi connectivity index (χ4v) is 5.36. The van der Waals surface area contributed by atoms with E-state index in [0.29, 0.717) is 23.4 Å². The predicted molar refractivity (Wildman–Crippen MR) is 126 cm³/mol. The molecule has 1 saturated carbocycles. The third kappa shape index (κ3) is 5.34. The number of primary amides is 1. The van der Waals surface area contributed by atoms with Crippen LogP contribution in [0.3, 0.4) is 0 Å². The van der Waals surface area contributed by atoms with Gasteiger partial charge in [0.15, 0.2) is 10.9 Å². The Morgan fingerprint density at radius 2 is 1.97 bits per heavy atom. The second-order valence-electron chi connectivity index (χ2n) is 8.99. The molecule has 1 fully saturated rings. The van der Waals surface area contributed by atoms with E-state index in [9.17, 15) is 9.59 Å². The lowest BCUT2D eigenvalue weighted by Gasteiger charge is -2.15. The van der Waals surface area contributed by atoms with Gasteiger partial charge in [-0.15, -0.1) is 10.2 Å². The van der Waals surface area contributed by atoms with Crippen LogP contribution in [0.4, 0.5) is 0 Å². The van der Waals surface area contributed by atoms with Crippen molar-refractivity contribution < 1.29 is 9.59 Å². The zero-order valence-electron chi connectivity index (χ0n) is 19.1. The van der Waals surface area contributed by atoms with Gasteiger partial charge in [0, 0.05) is 42.4 Å². The molecule has 2 aliphatic carbocycles. The fourth-order valence-electron chi connectivity index (χ4n) is 4.50. The maximum Gasteiger partial charge on any atom is 0.219 e. The first-order chi connectivity index (χ1) is 15.4. The van der Waals surface area contributed by atoms with Crippen LogP contribution in [0.15, 0.2) is 22.9 Å². The standard InChI is InChI=1S/C24H33N5O2S/c1-16-14-20(17(2)28(16)12-10-18-6-4-3-5-7-18)21(30)15-32-24-27-26-23(19-8-9-19)29(24)13-11-22(25)31/h6,14,19H,3-5,7-13,15H2,1-2H3,(H2,25,31). The second kappa shape index (κ2) is 10.1. The van der Waals surface area contributed by atoms with E-state index < -0.39 is 0 Å². The maximum atomic E-state index is 13.1. The Labute approximate surface area is 193 Å². The highest BCUT2D eigenvalue weighted by Gasteiger charge is 2.30. The zero-order valence-corrected chi connectivity index (χ0v) is 19.9. The van der Waals surface area contributed by atoms with Gasteiger partial charge in [-0.25, -0.2) is 0 Å². The summed E-state index contributed by atoms with van der Waals surface area (Å²) in [5, 5.41) is 9.33. The van der Waals surface area contributed by atoms with Crippen LogP contribution in [0, 0.1) is 13.8 Å². The van der Waals surface area contributed by atoms with Crippen molar-refractivity contribution in [1.29, 1.82) is 0 Å².